The molecule has 0 atom stereocenters. The highest BCUT2D eigenvalue weighted by molar-refractivity contribution is 5.91. The van der Waals surface area contributed by atoms with Gasteiger partial charge in [-0.3, -0.25) is 4.79 Å². The maximum absolute atomic E-state index is 11.4. The fraction of sp³-hybridized carbons (Fsp3) is 0.500. The van der Waals surface area contributed by atoms with Gasteiger partial charge in [-0.2, -0.15) is 5.10 Å². The molecule has 14 heavy (non-hydrogen) atoms. The van der Waals surface area contributed by atoms with E-state index in [2.05, 4.69) is 29.4 Å². The molecule has 1 rings (SSSR count). The molecule has 0 fully saturated rings. The fourth-order valence-corrected chi connectivity index (χ4v) is 0.988. The van der Waals surface area contributed by atoms with Gasteiger partial charge < -0.3 is 5.32 Å². The predicted molar refractivity (Wildman–Crippen MR) is 53.8 cm³/mol. The third kappa shape index (κ3) is 3.51. The van der Waals surface area contributed by atoms with Crippen molar-refractivity contribution in [3.8, 4) is 0 Å². The SMILES string of the molecule is CC(C)CCNC(=O)c1cccnn1. The first-order chi connectivity index (χ1) is 6.70. The maximum Gasteiger partial charge on any atom is 0.271 e. The summed E-state index contributed by atoms with van der Waals surface area (Å²) in [5.41, 5.74) is 0.372. The van der Waals surface area contributed by atoms with E-state index >= 15 is 0 Å². The lowest BCUT2D eigenvalue weighted by Gasteiger charge is -2.05. The Balaban J connectivity index is 2.36. The number of amides is 1. The Morgan fingerprint density at radius 1 is 1.57 bits per heavy atom. The molecule has 0 radical (unpaired) electrons. The van der Waals surface area contributed by atoms with Crippen LogP contribution in [0.3, 0.4) is 0 Å². The molecule has 1 N–H and O–H groups in total. The van der Waals surface area contributed by atoms with Crippen molar-refractivity contribution in [2.75, 3.05) is 6.54 Å². The van der Waals surface area contributed by atoms with Crippen LogP contribution in [-0.4, -0.2) is 22.6 Å². The molecule has 0 saturated heterocycles. The second-order valence-electron chi connectivity index (χ2n) is 3.55. The number of hydrogen-bond acceptors (Lipinski definition) is 3. The number of hydrogen-bond donors (Lipinski definition) is 1. The van der Waals surface area contributed by atoms with Crippen molar-refractivity contribution in [1.29, 1.82) is 0 Å². The van der Waals surface area contributed by atoms with Gasteiger partial charge in [-0.1, -0.05) is 13.8 Å². The molecule has 0 bridgehead atoms. The third-order valence-corrected chi connectivity index (χ3v) is 1.81. The van der Waals surface area contributed by atoms with Crippen LogP contribution in [0.25, 0.3) is 0 Å². The van der Waals surface area contributed by atoms with Crippen LogP contribution >= 0.6 is 0 Å². The van der Waals surface area contributed by atoms with Crippen LogP contribution in [0.15, 0.2) is 18.3 Å². The molecule has 76 valence electrons. The van der Waals surface area contributed by atoms with Gasteiger partial charge in [-0.15, -0.1) is 5.10 Å². The van der Waals surface area contributed by atoms with Crippen LogP contribution in [0.1, 0.15) is 30.8 Å². The normalized spacial score (nSPS) is 10.2. The third-order valence-electron chi connectivity index (χ3n) is 1.81. The predicted octanol–water partition coefficient (Wildman–Crippen LogP) is 1.25. The van der Waals surface area contributed by atoms with Crippen molar-refractivity contribution in [3.63, 3.8) is 0 Å². The summed E-state index contributed by atoms with van der Waals surface area (Å²) in [6.45, 7) is 4.93. The van der Waals surface area contributed by atoms with E-state index < -0.39 is 0 Å². The molecule has 0 aromatic carbocycles. The van der Waals surface area contributed by atoms with E-state index in [1.807, 2.05) is 0 Å². The number of carbonyl (C=O) groups excluding carboxylic acids is 1. The molecule has 4 heteroatoms. The molecule has 0 aliphatic rings. The van der Waals surface area contributed by atoms with E-state index in [-0.39, 0.29) is 5.91 Å². The smallest absolute Gasteiger partial charge is 0.271 e. The molecule has 0 spiro atoms. The molecule has 1 aromatic rings. The van der Waals surface area contributed by atoms with Gasteiger partial charge in [-0.05, 0) is 24.5 Å². The first-order valence-corrected chi connectivity index (χ1v) is 4.76. The largest absolute Gasteiger partial charge is 0.351 e. The average Bonchev–Trinajstić information content (AvgIpc) is 2.18. The molecule has 0 saturated carbocycles. The highest BCUT2D eigenvalue weighted by atomic mass is 16.1. The minimum atomic E-state index is -0.154. The summed E-state index contributed by atoms with van der Waals surface area (Å²) >= 11 is 0. The Morgan fingerprint density at radius 3 is 2.93 bits per heavy atom. The van der Waals surface area contributed by atoms with E-state index in [1.54, 1.807) is 18.3 Å². The monoisotopic (exact) mass is 193 g/mol. The van der Waals surface area contributed by atoms with Crippen LogP contribution < -0.4 is 5.32 Å². The molecule has 4 nitrogen and oxygen atoms in total. The second kappa shape index (κ2) is 5.32. The molecule has 0 aliphatic carbocycles. The standard InChI is InChI=1S/C10H15N3O/c1-8(2)5-7-11-10(14)9-4-3-6-12-13-9/h3-4,6,8H,5,7H2,1-2H3,(H,11,14). The topological polar surface area (TPSA) is 54.9 Å². The van der Waals surface area contributed by atoms with Crippen molar-refractivity contribution >= 4 is 5.91 Å². The first kappa shape index (κ1) is 10.6. The van der Waals surface area contributed by atoms with Crippen molar-refractivity contribution in [2.45, 2.75) is 20.3 Å². The van der Waals surface area contributed by atoms with Crippen LogP contribution in [0.2, 0.25) is 0 Å². The van der Waals surface area contributed by atoms with Crippen molar-refractivity contribution in [1.82, 2.24) is 15.5 Å². The molecule has 0 unspecified atom stereocenters. The molecular formula is C10H15N3O. The van der Waals surface area contributed by atoms with Gasteiger partial charge in [0.05, 0.1) is 0 Å². The highest BCUT2D eigenvalue weighted by Crippen LogP contribution is 1.97. The van der Waals surface area contributed by atoms with Gasteiger partial charge in [0.2, 0.25) is 0 Å². The van der Waals surface area contributed by atoms with Crippen molar-refractivity contribution in [3.05, 3.63) is 24.0 Å². The molecular weight excluding hydrogens is 178 g/mol. The molecule has 1 amide bonds. The average molecular weight is 193 g/mol. The van der Waals surface area contributed by atoms with E-state index in [1.165, 1.54) is 0 Å². The summed E-state index contributed by atoms with van der Waals surface area (Å²) in [6.07, 6.45) is 2.52. The highest BCUT2D eigenvalue weighted by Gasteiger charge is 2.05. The van der Waals surface area contributed by atoms with Gasteiger partial charge in [-0.25, -0.2) is 0 Å². The Morgan fingerprint density at radius 2 is 2.36 bits per heavy atom. The van der Waals surface area contributed by atoms with E-state index in [0.717, 1.165) is 6.42 Å². The first-order valence-electron chi connectivity index (χ1n) is 4.76. The summed E-state index contributed by atoms with van der Waals surface area (Å²) in [4.78, 5) is 11.4. The minimum absolute atomic E-state index is 0.154. The lowest BCUT2D eigenvalue weighted by Crippen LogP contribution is -2.26. The van der Waals surface area contributed by atoms with Gasteiger partial charge in [0.1, 0.15) is 0 Å². The lowest BCUT2D eigenvalue weighted by atomic mass is 10.1. The summed E-state index contributed by atoms with van der Waals surface area (Å²) < 4.78 is 0. The van der Waals surface area contributed by atoms with Crippen molar-refractivity contribution in [2.24, 2.45) is 5.92 Å². The summed E-state index contributed by atoms with van der Waals surface area (Å²) in [5, 5.41) is 10.1. The van der Waals surface area contributed by atoms with Gasteiger partial charge >= 0.3 is 0 Å². The number of nitrogens with zero attached hydrogens (tertiary/aromatic N) is 2. The van der Waals surface area contributed by atoms with E-state index in [0.29, 0.717) is 18.2 Å². The Kier molecular flexibility index (Phi) is 4.04. The minimum Gasteiger partial charge on any atom is -0.351 e. The number of aromatic nitrogens is 2. The van der Waals surface area contributed by atoms with Crippen LogP contribution in [0.5, 0.6) is 0 Å². The van der Waals surface area contributed by atoms with Gasteiger partial charge in [0, 0.05) is 12.7 Å². The fourth-order valence-electron chi connectivity index (χ4n) is 0.988. The zero-order chi connectivity index (χ0) is 10.4. The summed E-state index contributed by atoms with van der Waals surface area (Å²) in [6, 6.07) is 3.35. The number of carbonyl (C=O) groups is 1. The van der Waals surface area contributed by atoms with Crippen LogP contribution in [0, 0.1) is 5.92 Å². The molecule has 1 aromatic heterocycles. The second-order valence-corrected chi connectivity index (χ2v) is 3.55. The Bertz CT molecular complexity index is 285. The van der Waals surface area contributed by atoms with Crippen molar-refractivity contribution < 1.29 is 4.79 Å². The summed E-state index contributed by atoms with van der Waals surface area (Å²) in [5.74, 6) is 0.441. The van der Waals surface area contributed by atoms with Crippen LogP contribution in [0.4, 0.5) is 0 Å². The zero-order valence-electron chi connectivity index (χ0n) is 8.53. The lowest BCUT2D eigenvalue weighted by molar-refractivity contribution is 0.0946. The Hall–Kier alpha value is -1.45. The summed E-state index contributed by atoms with van der Waals surface area (Å²) in [7, 11) is 0. The van der Waals surface area contributed by atoms with Gasteiger partial charge in [0.15, 0.2) is 5.69 Å². The molecule has 1 heterocycles. The maximum atomic E-state index is 11.4. The van der Waals surface area contributed by atoms with Crippen LogP contribution in [-0.2, 0) is 0 Å². The quantitative estimate of drug-likeness (QED) is 0.783. The van der Waals surface area contributed by atoms with Gasteiger partial charge in [0.25, 0.3) is 5.91 Å². The van der Waals surface area contributed by atoms with E-state index in [9.17, 15) is 4.79 Å². The molecule has 0 aliphatic heterocycles. The zero-order valence-corrected chi connectivity index (χ0v) is 8.53. The van der Waals surface area contributed by atoms with E-state index in [4.69, 9.17) is 0 Å². The number of rotatable bonds is 4. The Labute approximate surface area is 83.7 Å². The number of nitrogens with one attached hydrogen (secondary N) is 1.